The van der Waals surface area contributed by atoms with Gasteiger partial charge in [0.1, 0.15) is 5.69 Å². The Morgan fingerprint density at radius 3 is 2.68 bits per heavy atom. The Labute approximate surface area is 111 Å². The van der Waals surface area contributed by atoms with E-state index >= 15 is 0 Å². The predicted molar refractivity (Wildman–Crippen MR) is 73.6 cm³/mol. The van der Waals surface area contributed by atoms with E-state index in [0.29, 0.717) is 29.2 Å². The van der Waals surface area contributed by atoms with Crippen molar-refractivity contribution in [1.29, 1.82) is 5.26 Å². The van der Waals surface area contributed by atoms with E-state index < -0.39 is 0 Å². The largest absolute Gasteiger partial charge is 0.397 e. The Kier molecular flexibility index (Phi) is 3.53. The molecular formula is C14H14N4O. The number of nitrogen functional groups attached to an aromatic ring is 1. The molecule has 0 saturated carbocycles. The number of anilines is 2. The summed E-state index contributed by atoms with van der Waals surface area (Å²) in [5.41, 5.74) is 7.97. The zero-order valence-corrected chi connectivity index (χ0v) is 10.6. The van der Waals surface area contributed by atoms with Gasteiger partial charge < -0.3 is 15.6 Å². The Morgan fingerprint density at radius 1 is 1.42 bits per heavy atom. The smallest absolute Gasteiger partial charge is 0.272 e. The van der Waals surface area contributed by atoms with Gasteiger partial charge in [0.25, 0.3) is 5.91 Å². The van der Waals surface area contributed by atoms with Crippen LogP contribution in [0.1, 0.15) is 23.0 Å². The highest BCUT2D eigenvalue weighted by Gasteiger charge is 2.12. The van der Waals surface area contributed by atoms with Crippen molar-refractivity contribution in [1.82, 2.24) is 4.57 Å². The van der Waals surface area contributed by atoms with Crippen LogP contribution in [0.3, 0.4) is 0 Å². The van der Waals surface area contributed by atoms with Crippen LogP contribution in [0.25, 0.3) is 0 Å². The van der Waals surface area contributed by atoms with Gasteiger partial charge in [-0.2, -0.15) is 5.26 Å². The molecule has 2 rings (SSSR count). The second kappa shape index (κ2) is 5.27. The molecular weight excluding hydrogens is 240 g/mol. The first-order chi connectivity index (χ1) is 9.13. The van der Waals surface area contributed by atoms with Gasteiger partial charge in [-0.25, -0.2) is 0 Å². The maximum absolute atomic E-state index is 12.1. The fraction of sp³-hybridized carbons (Fsp3) is 0.143. The molecule has 0 unspecified atom stereocenters. The van der Waals surface area contributed by atoms with E-state index in [9.17, 15) is 4.79 Å². The van der Waals surface area contributed by atoms with Crippen LogP contribution in [0.2, 0.25) is 0 Å². The molecule has 1 aromatic carbocycles. The number of nitrogens with two attached hydrogens (primary N) is 1. The van der Waals surface area contributed by atoms with Gasteiger partial charge in [0, 0.05) is 18.4 Å². The zero-order valence-electron chi connectivity index (χ0n) is 10.6. The molecule has 0 radical (unpaired) electrons. The Hall–Kier alpha value is -2.74. The number of benzene rings is 1. The topological polar surface area (TPSA) is 83.8 Å². The number of hydrogen-bond acceptors (Lipinski definition) is 3. The fourth-order valence-electron chi connectivity index (χ4n) is 1.81. The maximum Gasteiger partial charge on any atom is 0.272 e. The van der Waals surface area contributed by atoms with Crippen molar-refractivity contribution in [2.75, 3.05) is 11.1 Å². The minimum absolute atomic E-state index is 0.219. The van der Waals surface area contributed by atoms with Crippen LogP contribution in [0.4, 0.5) is 11.4 Å². The molecule has 0 atom stereocenters. The lowest BCUT2D eigenvalue weighted by atomic mass is 10.2. The molecule has 1 heterocycles. The quantitative estimate of drug-likeness (QED) is 0.880. The van der Waals surface area contributed by atoms with E-state index in [4.69, 9.17) is 11.0 Å². The monoisotopic (exact) mass is 254 g/mol. The van der Waals surface area contributed by atoms with E-state index in [-0.39, 0.29) is 5.91 Å². The predicted octanol–water partition coefficient (Wildman–Crippen LogP) is 2.21. The molecule has 5 nitrogen and oxygen atoms in total. The number of hydrogen-bond donors (Lipinski definition) is 2. The normalized spacial score (nSPS) is 9.89. The lowest BCUT2D eigenvalue weighted by Crippen LogP contribution is -2.16. The first-order valence-electron chi connectivity index (χ1n) is 5.91. The Bertz CT molecular complexity index is 634. The summed E-state index contributed by atoms with van der Waals surface area (Å²) in [6.45, 7) is 2.62. The summed E-state index contributed by atoms with van der Waals surface area (Å²) < 4.78 is 1.79. The molecule has 1 amide bonds. The van der Waals surface area contributed by atoms with E-state index in [0.717, 1.165) is 0 Å². The van der Waals surface area contributed by atoms with Crippen LogP contribution in [0.15, 0.2) is 36.5 Å². The van der Waals surface area contributed by atoms with E-state index in [1.807, 2.05) is 13.0 Å². The number of carbonyl (C=O) groups is 1. The lowest BCUT2D eigenvalue weighted by Gasteiger charge is -2.07. The molecule has 0 aliphatic carbocycles. The molecule has 0 aliphatic heterocycles. The standard InChI is InChI=1S/C14H14N4O/c1-2-18-9-11(16)7-13(18)14(19)17-12-5-3-10(8-15)4-6-12/h3-7,9H,2,16H2,1H3,(H,17,19). The Morgan fingerprint density at radius 2 is 2.11 bits per heavy atom. The molecule has 0 spiro atoms. The number of nitrogens with one attached hydrogen (secondary N) is 1. The highest BCUT2D eigenvalue weighted by molar-refractivity contribution is 6.03. The van der Waals surface area contributed by atoms with Crippen molar-refractivity contribution in [3.05, 3.63) is 47.8 Å². The molecule has 0 bridgehead atoms. The third-order valence-corrected chi connectivity index (χ3v) is 2.76. The van der Waals surface area contributed by atoms with Crippen LogP contribution in [-0.4, -0.2) is 10.5 Å². The van der Waals surface area contributed by atoms with Crippen LogP contribution in [0, 0.1) is 11.3 Å². The van der Waals surface area contributed by atoms with Gasteiger partial charge >= 0.3 is 0 Å². The summed E-state index contributed by atoms with van der Waals surface area (Å²) in [5.74, 6) is -0.219. The summed E-state index contributed by atoms with van der Waals surface area (Å²) in [6, 6.07) is 10.4. The lowest BCUT2D eigenvalue weighted by molar-refractivity contribution is 0.101. The van der Waals surface area contributed by atoms with Gasteiger partial charge in [-0.05, 0) is 37.3 Å². The zero-order chi connectivity index (χ0) is 13.8. The van der Waals surface area contributed by atoms with Gasteiger partial charge in [-0.3, -0.25) is 4.79 Å². The number of rotatable bonds is 3. The number of nitrogens with zero attached hydrogens (tertiary/aromatic N) is 2. The third-order valence-electron chi connectivity index (χ3n) is 2.76. The SMILES string of the molecule is CCn1cc(N)cc1C(=O)Nc1ccc(C#N)cc1. The van der Waals surface area contributed by atoms with Crippen LogP contribution < -0.4 is 11.1 Å². The van der Waals surface area contributed by atoms with Crippen molar-refractivity contribution < 1.29 is 4.79 Å². The molecule has 0 saturated heterocycles. The summed E-state index contributed by atoms with van der Waals surface area (Å²) in [7, 11) is 0. The fourth-order valence-corrected chi connectivity index (χ4v) is 1.81. The highest BCUT2D eigenvalue weighted by Crippen LogP contribution is 2.14. The molecule has 1 aromatic heterocycles. The number of carbonyl (C=O) groups excluding carboxylic acids is 1. The molecule has 19 heavy (non-hydrogen) atoms. The maximum atomic E-state index is 12.1. The molecule has 5 heteroatoms. The minimum Gasteiger partial charge on any atom is -0.397 e. The van der Waals surface area contributed by atoms with Crippen LogP contribution in [-0.2, 0) is 6.54 Å². The van der Waals surface area contributed by atoms with Gasteiger partial charge in [0.05, 0.1) is 17.3 Å². The minimum atomic E-state index is -0.219. The van der Waals surface area contributed by atoms with E-state index in [1.54, 1.807) is 41.1 Å². The number of nitriles is 1. The molecule has 0 fully saturated rings. The van der Waals surface area contributed by atoms with Crippen LogP contribution in [0.5, 0.6) is 0 Å². The van der Waals surface area contributed by atoms with Crippen molar-refractivity contribution >= 4 is 17.3 Å². The summed E-state index contributed by atoms with van der Waals surface area (Å²) in [6.07, 6.45) is 1.73. The van der Waals surface area contributed by atoms with Crippen molar-refractivity contribution in [2.24, 2.45) is 0 Å². The molecule has 0 aliphatic rings. The van der Waals surface area contributed by atoms with Crippen molar-refractivity contribution in [3.8, 4) is 6.07 Å². The van der Waals surface area contributed by atoms with E-state index in [1.165, 1.54) is 0 Å². The molecule has 2 aromatic rings. The number of aromatic nitrogens is 1. The first-order valence-corrected chi connectivity index (χ1v) is 5.91. The first kappa shape index (κ1) is 12.7. The molecule has 96 valence electrons. The summed E-state index contributed by atoms with van der Waals surface area (Å²) in [4.78, 5) is 12.1. The van der Waals surface area contributed by atoms with Crippen molar-refractivity contribution in [2.45, 2.75) is 13.5 Å². The highest BCUT2D eigenvalue weighted by atomic mass is 16.1. The average molecular weight is 254 g/mol. The summed E-state index contributed by atoms with van der Waals surface area (Å²) >= 11 is 0. The average Bonchev–Trinajstić information content (AvgIpc) is 2.81. The van der Waals surface area contributed by atoms with Gasteiger partial charge in [0.2, 0.25) is 0 Å². The second-order valence-electron chi connectivity index (χ2n) is 4.09. The number of aryl methyl sites for hydroxylation is 1. The van der Waals surface area contributed by atoms with Gasteiger partial charge in [-0.15, -0.1) is 0 Å². The Balaban J connectivity index is 2.18. The van der Waals surface area contributed by atoms with Crippen molar-refractivity contribution in [3.63, 3.8) is 0 Å². The van der Waals surface area contributed by atoms with Gasteiger partial charge in [0.15, 0.2) is 0 Å². The third kappa shape index (κ3) is 2.75. The summed E-state index contributed by atoms with van der Waals surface area (Å²) in [5, 5.41) is 11.5. The second-order valence-corrected chi connectivity index (χ2v) is 4.09. The van der Waals surface area contributed by atoms with Crippen LogP contribution >= 0.6 is 0 Å². The van der Waals surface area contributed by atoms with Gasteiger partial charge in [-0.1, -0.05) is 0 Å². The number of amides is 1. The molecule has 3 N–H and O–H groups in total. The van der Waals surface area contributed by atoms with E-state index in [2.05, 4.69) is 5.32 Å².